The van der Waals surface area contributed by atoms with Gasteiger partial charge in [-0.3, -0.25) is 9.59 Å². The molecule has 0 fully saturated rings. The molecule has 1 aromatic heterocycles. The van der Waals surface area contributed by atoms with Crippen LogP contribution in [-0.2, 0) is 0 Å². The van der Waals surface area contributed by atoms with Crippen molar-refractivity contribution < 1.29 is 14.3 Å². The van der Waals surface area contributed by atoms with E-state index in [9.17, 15) is 9.59 Å². The van der Waals surface area contributed by atoms with E-state index in [4.69, 9.17) is 21.1 Å². The number of halogens is 1. The van der Waals surface area contributed by atoms with Gasteiger partial charge in [0, 0.05) is 21.2 Å². The smallest absolute Gasteiger partial charge is 0.244 e. The minimum atomic E-state index is -0.360. The molecule has 0 unspecified atom stereocenters. The lowest BCUT2D eigenvalue weighted by Crippen LogP contribution is -2.09. The third-order valence-electron chi connectivity index (χ3n) is 3.81. The Bertz CT molecular complexity index is 1050. The molecule has 0 bridgehead atoms. The zero-order chi connectivity index (χ0) is 18.7. The zero-order valence-electron chi connectivity index (χ0n) is 14.1. The maximum absolute atomic E-state index is 12.5. The molecule has 0 spiro atoms. The Morgan fingerprint density at radius 2 is 1.81 bits per heavy atom. The van der Waals surface area contributed by atoms with Crippen LogP contribution in [0, 0.1) is 0 Å². The van der Waals surface area contributed by atoms with Crippen LogP contribution in [0.4, 0.5) is 0 Å². The van der Waals surface area contributed by atoms with Crippen LogP contribution in [0.15, 0.2) is 53.3 Å². The Hall–Kier alpha value is -2.63. The molecule has 4 nitrogen and oxygen atoms in total. The maximum atomic E-state index is 12.5. The number of hydrogen-bond donors (Lipinski definition) is 0. The molecule has 0 aliphatic heterocycles. The van der Waals surface area contributed by atoms with Crippen LogP contribution in [0.2, 0.25) is 5.02 Å². The van der Waals surface area contributed by atoms with Crippen LogP contribution in [0.3, 0.4) is 0 Å². The van der Waals surface area contributed by atoms with E-state index in [0.29, 0.717) is 26.6 Å². The van der Waals surface area contributed by atoms with Crippen LogP contribution in [0.25, 0.3) is 16.2 Å². The summed E-state index contributed by atoms with van der Waals surface area (Å²) in [5.41, 5.74) is 0.929. The Morgan fingerprint density at radius 1 is 1.08 bits per heavy atom. The second-order valence-electron chi connectivity index (χ2n) is 5.44. The van der Waals surface area contributed by atoms with Crippen LogP contribution in [-0.4, -0.2) is 20.0 Å². The van der Waals surface area contributed by atoms with E-state index in [1.165, 1.54) is 13.2 Å². The molecular formula is C20H15ClO4S. The number of ketones is 1. The molecule has 0 amide bonds. The summed E-state index contributed by atoms with van der Waals surface area (Å²) in [5.74, 6) is 0.777. The van der Waals surface area contributed by atoms with Gasteiger partial charge in [-0.15, -0.1) is 0 Å². The summed E-state index contributed by atoms with van der Waals surface area (Å²) < 4.78 is 11.0. The Labute approximate surface area is 159 Å². The molecule has 0 saturated heterocycles. The van der Waals surface area contributed by atoms with Gasteiger partial charge in [-0.05, 0) is 35.9 Å². The van der Waals surface area contributed by atoms with Crippen molar-refractivity contribution in [1.29, 1.82) is 0 Å². The van der Waals surface area contributed by atoms with Gasteiger partial charge in [0.25, 0.3) is 0 Å². The average Bonchev–Trinajstić information content (AvgIpc) is 2.65. The highest BCUT2D eigenvalue weighted by Gasteiger charge is 2.13. The van der Waals surface area contributed by atoms with E-state index in [-0.39, 0.29) is 16.1 Å². The highest BCUT2D eigenvalue weighted by molar-refractivity contribution is 7.16. The first kappa shape index (κ1) is 18.2. The second-order valence-corrected chi connectivity index (χ2v) is 6.89. The molecule has 2 aromatic carbocycles. The molecule has 26 heavy (non-hydrogen) atoms. The summed E-state index contributed by atoms with van der Waals surface area (Å²) in [4.78, 5) is 24.9. The number of benzene rings is 2. The Balaban J connectivity index is 2.01. The maximum Gasteiger partial charge on any atom is 0.244 e. The van der Waals surface area contributed by atoms with Crippen molar-refractivity contribution in [2.45, 2.75) is 0 Å². The lowest BCUT2D eigenvalue weighted by molar-refractivity contribution is 0.104. The number of fused-ring (bicyclic) bond motifs is 1. The first-order valence-electron chi connectivity index (χ1n) is 7.69. The molecule has 0 aliphatic rings. The molecule has 0 atom stereocenters. The molecule has 3 rings (SSSR count). The minimum Gasteiger partial charge on any atom is -0.497 e. The second kappa shape index (κ2) is 7.72. The van der Waals surface area contributed by atoms with Crippen molar-refractivity contribution in [2.24, 2.45) is 0 Å². The molecule has 0 saturated carbocycles. The van der Waals surface area contributed by atoms with Gasteiger partial charge in [-0.1, -0.05) is 41.1 Å². The predicted molar refractivity (Wildman–Crippen MR) is 106 cm³/mol. The summed E-state index contributed by atoms with van der Waals surface area (Å²) in [6.07, 6.45) is 3.03. The molecule has 0 radical (unpaired) electrons. The molecule has 6 heteroatoms. The lowest BCUT2D eigenvalue weighted by atomic mass is 10.1. The number of carbonyl (C=O) groups excluding carboxylic acids is 1. The summed E-state index contributed by atoms with van der Waals surface area (Å²) in [6, 6.07) is 12.1. The number of methoxy groups -OCH3 is 2. The first-order valence-corrected chi connectivity index (χ1v) is 8.89. The van der Waals surface area contributed by atoms with Crippen LogP contribution >= 0.6 is 22.9 Å². The molecule has 3 aromatic rings. The summed E-state index contributed by atoms with van der Waals surface area (Å²) >= 11 is 6.84. The van der Waals surface area contributed by atoms with Gasteiger partial charge in [0.05, 0.1) is 19.8 Å². The third-order valence-corrected chi connectivity index (χ3v) is 5.02. The van der Waals surface area contributed by atoms with Gasteiger partial charge in [-0.2, -0.15) is 0 Å². The van der Waals surface area contributed by atoms with Crippen molar-refractivity contribution >= 4 is 44.9 Å². The normalized spacial score (nSPS) is 11.0. The largest absolute Gasteiger partial charge is 0.497 e. The summed E-state index contributed by atoms with van der Waals surface area (Å²) in [6.45, 7) is 0. The van der Waals surface area contributed by atoms with Crippen molar-refractivity contribution in [3.8, 4) is 11.5 Å². The van der Waals surface area contributed by atoms with Gasteiger partial charge >= 0.3 is 0 Å². The fraction of sp³-hybridized carbons (Fsp3) is 0.100. The Morgan fingerprint density at radius 3 is 2.46 bits per heavy atom. The molecule has 132 valence electrons. The molecule has 0 aliphatic carbocycles. The monoisotopic (exact) mass is 386 g/mol. The van der Waals surface area contributed by atoms with Gasteiger partial charge in [-0.25, -0.2) is 0 Å². The van der Waals surface area contributed by atoms with E-state index in [2.05, 4.69) is 0 Å². The third kappa shape index (κ3) is 3.79. The first-order chi connectivity index (χ1) is 12.5. The van der Waals surface area contributed by atoms with Crippen molar-refractivity contribution in [1.82, 2.24) is 0 Å². The quantitative estimate of drug-likeness (QED) is 0.465. The van der Waals surface area contributed by atoms with Gasteiger partial charge in [0.2, 0.25) is 4.74 Å². The number of rotatable bonds is 5. The van der Waals surface area contributed by atoms with E-state index < -0.39 is 0 Å². The van der Waals surface area contributed by atoms with E-state index in [0.717, 1.165) is 16.9 Å². The number of allylic oxidation sites excluding steroid dienone is 1. The standard InChI is InChI=1S/C20H15ClO4S/c1-24-14-9-18(25-2)16-11-15(20(23)26-19(16)10-14)17(22)8-5-12-3-6-13(21)7-4-12/h3-11H,1-2H3/b8-5-. The van der Waals surface area contributed by atoms with E-state index in [1.54, 1.807) is 55.7 Å². The number of carbonyl (C=O) groups is 1. The van der Waals surface area contributed by atoms with Crippen molar-refractivity contribution in [3.63, 3.8) is 0 Å². The predicted octanol–water partition coefficient (Wildman–Crippen LogP) is 4.83. The highest BCUT2D eigenvalue weighted by atomic mass is 35.5. The van der Waals surface area contributed by atoms with E-state index >= 15 is 0 Å². The summed E-state index contributed by atoms with van der Waals surface area (Å²) in [5, 5.41) is 1.32. The molecular weight excluding hydrogens is 372 g/mol. The number of hydrogen-bond acceptors (Lipinski definition) is 5. The van der Waals surface area contributed by atoms with Crippen LogP contribution in [0.1, 0.15) is 15.9 Å². The van der Waals surface area contributed by atoms with Crippen molar-refractivity contribution in [2.75, 3.05) is 14.2 Å². The van der Waals surface area contributed by atoms with E-state index in [1.807, 2.05) is 0 Å². The topological polar surface area (TPSA) is 52.6 Å². The van der Waals surface area contributed by atoms with Gasteiger partial charge < -0.3 is 9.47 Å². The fourth-order valence-corrected chi connectivity index (χ4v) is 3.50. The number of ether oxygens (including phenoxy) is 2. The Kier molecular flexibility index (Phi) is 5.40. The average molecular weight is 387 g/mol. The summed E-state index contributed by atoms with van der Waals surface area (Å²) in [7, 11) is 3.08. The minimum absolute atomic E-state index is 0.108. The van der Waals surface area contributed by atoms with Crippen molar-refractivity contribution in [3.05, 3.63) is 74.2 Å². The molecule has 1 heterocycles. The zero-order valence-corrected chi connectivity index (χ0v) is 15.7. The van der Waals surface area contributed by atoms with Crippen LogP contribution < -0.4 is 14.2 Å². The van der Waals surface area contributed by atoms with Gasteiger partial charge in [0.15, 0.2) is 5.78 Å². The fourth-order valence-electron chi connectivity index (χ4n) is 2.46. The highest BCUT2D eigenvalue weighted by Crippen LogP contribution is 2.32. The molecule has 0 N–H and O–H groups in total. The van der Waals surface area contributed by atoms with Crippen LogP contribution in [0.5, 0.6) is 11.5 Å². The SMILES string of the molecule is COc1cc(OC)c2cc(C(=O)/C=C\c3ccc(Cl)cc3)c(=O)sc2c1. The van der Waals surface area contributed by atoms with Gasteiger partial charge in [0.1, 0.15) is 11.5 Å². The lowest BCUT2D eigenvalue weighted by Gasteiger charge is -2.08.